The van der Waals surface area contributed by atoms with Gasteiger partial charge < -0.3 is 16.4 Å². The average molecular weight is 348 g/mol. The number of carbonyl (C=O) groups excluding carboxylic acids is 2. The number of hydrogen-bond acceptors (Lipinski definition) is 4. The summed E-state index contributed by atoms with van der Waals surface area (Å²) in [4.78, 5) is 24.5. The summed E-state index contributed by atoms with van der Waals surface area (Å²) in [6, 6.07) is 13.8. The number of nitrogens with zero attached hydrogens (tertiary/aromatic N) is 1. The molecule has 0 aliphatic carbocycles. The molecule has 0 aromatic heterocycles. The molecule has 2 aromatic rings. The maximum Gasteiger partial charge on any atom is 0.267 e. The molecule has 132 valence electrons. The Kier molecular flexibility index (Phi) is 6.12. The van der Waals surface area contributed by atoms with Gasteiger partial charge in [-0.1, -0.05) is 25.1 Å². The van der Waals surface area contributed by atoms with Crippen LogP contribution >= 0.6 is 0 Å². The molecule has 6 nitrogen and oxygen atoms in total. The quantitative estimate of drug-likeness (QED) is 0.438. The van der Waals surface area contributed by atoms with E-state index in [-0.39, 0.29) is 5.57 Å². The maximum atomic E-state index is 12.4. The second-order valence-corrected chi connectivity index (χ2v) is 5.68. The molecule has 0 unspecified atom stereocenters. The molecule has 2 aromatic carbocycles. The number of hydrogen-bond donors (Lipinski definition) is 3. The van der Waals surface area contributed by atoms with E-state index in [4.69, 9.17) is 5.73 Å². The smallest absolute Gasteiger partial charge is 0.267 e. The summed E-state index contributed by atoms with van der Waals surface area (Å²) in [5.41, 5.74) is 8.86. The van der Waals surface area contributed by atoms with Crippen LogP contribution in [0.5, 0.6) is 0 Å². The Morgan fingerprint density at radius 3 is 2.50 bits per heavy atom. The number of nitrogen functional groups attached to an aromatic ring is 1. The highest BCUT2D eigenvalue weighted by molar-refractivity contribution is 6.07. The van der Waals surface area contributed by atoms with Crippen molar-refractivity contribution in [1.82, 2.24) is 5.32 Å². The lowest BCUT2D eigenvalue weighted by atomic mass is 10.1. The average Bonchev–Trinajstić information content (AvgIpc) is 2.64. The summed E-state index contributed by atoms with van der Waals surface area (Å²) in [7, 11) is 0. The minimum absolute atomic E-state index is 0.195. The third kappa shape index (κ3) is 4.48. The lowest BCUT2D eigenvalue weighted by Crippen LogP contribution is -2.22. The molecule has 2 amide bonds. The van der Waals surface area contributed by atoms with Crippen LogP contribution in [0.15, 0.2) is 54.2 Å². The fourth-order valence-corrected chi connectivity index (χ4v) is 2.39. The predicted molar refractivity (Wildman–Crippen MR) is 101 cm³/mol. The highest BCUT2D eigenvalue weighted by Gasteiger charge is 2.14. The molecule has 0 saturated carbocycles. The zero-order valence-corrected chi connectivity index (χ0v) is 14.7. The van der Waals surface area contributed by atoms with E-state index in [0.717, 1.165) is 23.7 Å². The van der Waals surface area contributed by atoms with Crippen molar-refractivity contribution in [3.8, 4) is 6.07 Å². The lowest BCUT2D eigenvalue weighted by molar-refractivity contribution is -0.112. The third-order valence-corrected chi connectivity index (χ3v) is 3.86. The molecule has 26 heavy (non-hydrogen) atoms. The molecular weight excluding hydrogens is 328 g/mol. The molecular formula is C20H20N4O2. The normalized spacial score (nSPS) is 10.7. The van der Waals surface area contributed by atoms with E-state index in [1.165, 1.54) is 0 Å². The van der Waals surface area contributed by atoms with Crippen LogP contribution in [0.2, 0.25) is 0 Å². The van der Waals surface area contributed by atoms with Crippen LogP contribution in [-0.4, -0.2) is 11.8 Å². The topological polar surface area (TPSA) is 108 Å². The summed E-state index contributed by atoms with van der Waals surface area (Å²) >= 11 is 0. The van der Waals surface area contributed by atoms with Gasteiger partial charge in [-0.2, -0.15) is 5.26 Å². The summed E-state index contributed by atoms with van der Waals surface area (Å²) in [6.45, 7) is 3.87. The number of amides is 2. The molecule has 0 fully saturated rings. The first-order valence-corrected chi connectivity index (χ1v) is 8.12. The van der Waals surface area contributed by atoms with Crippen molar-refractivity contribution in [3.05, 3.63) is 70.9 Å². The Balaban J connectivity index is 2.14. The summed E-state index contributed by atoms with van der Waals surface area (Å²) in [6.07, 6.45) is 1.86. The van der Waals surface area contributed by atoms with E-state index < -0.39 is 11.8 Å². The summed E-state index contributed by atoms with van der Waals surface area (Å²) in [5, 5.41) is 14.5. The van der Waals surface area contributed by atoms with Crippen molar-refractivity contribution >= 4 is 23.2 Å². The predicted octanol–water partition coefficient (Wildman–Crippen LogP) is 2.92. The van der Waals surface area contributed by atoms with E-state index in [1.807, 2.05) is 38.1 Å². The monoisotopic (exact) mass is 348 g/mol. The number of nitriles is 1. The Bertz CT molecular complexity index is 893. The molecule has 2 rings (SSSR count). The molecule has 0 heterocycles. The van der Waals surface area contributed by atoms with Crippen LogP contribution in [0.1, 0.15) is 28.4 Å². The van der Waals surface area contributed by atoms with Crippen LogP contribution in [-0.2, 0) is 11.2 Å². The fraction of sp³-hybridized carbons (Fsp3) is 0.150. The lowest BCUT2D eigenvalue weighted by Gasteiger charge is -2.12. The van der Waals surface area contributed by atoms with Gasteiger partial charge in [-0.3, -0.25) is 9.59 Å². The number of nitrogens with one attached hydrogen (secondary N) is 2. The maximum absolute atomic E-state index is 12.4. The number of benzene rings is 2. The van der Waals surface area contributed by atoms with E-state index in [9.17, 15) is 14.9 Å². The molecule has 0 bridgehead atoms. The standard InChI is InChI=1S/C20H20N4O2/c1-3-14-6-4-5-13(2)18(14)24-20(26)16(11-21)12-23-19(25)15-7-9-17(22)10-8-15/h4-10,12H,3,22H2,1-2H3,(H,23,25)(H,24,26)/b16-12-. The minimum atomic E-state index is -0.575. The zero-order chi connectivity index (χ0) is 19.1. The van der Waals surface area contributed by atoms with E-state index in [2.05, 4.69) is 10.6 Å². The van der Waals surface area contributed by atoms with Gasteiger partial charge in [0.05, 0.1) is 0 Å². The number of rotatable bonds is 5. The molecule has 0 aliphatic heterocycles. The number of carbonyl (C=O) groups is 2. The molecule has 0 saturated heterocycles. The van der Waals surface area contributed by atoms with Gasteiger partial charge in [-0.15, -0.1) is 0 Å². The minimum Gasteiger partial charge on any atom is -0.399 e. The molecule has 6 heteroatoms. The largest absolute Gasteiger partial charge is 0.399 e. The third-order valence-electron chi connectivity index (χ3n) is 3.86. The number of anilines is 2. The van der Waals surface area contributed by atoms with Crippen molar-refractivity contribution < 1.29 is 9.59 Å². The number of aryl methyl sites for hydroxylation is 2. The Morgan fingerprint density at radius 2 is 1.88 bits per heavy atom. The molecule has 0 atom stereocenters. The van der Waals surface area contributed by atoms with Crippen molar-refractivity contribution in [3.63, 3.8) is 0 Å². The van der Waals surface area contributed by atoms with Gasteiger partial charge in [0, 0.05) is 23.1 Å². The summed E-state index contributed by atoms with van der Waals surface area (Å²) in [5.74, 6) is -1.01. The highest BCUT2D eigenvalue weighted by Crippen LogP contribution is 2.21. The Morgan fingerprint density at radius 1 is 1.19 bits per heavy atom. The van der Waals surface area contributed by atoms with Gasteiger partial charge in [0.1, 0.15) is 11.6 Å². The van der Waals surface area contributed by atoms with E-state index >= 15 is 0 Å². The zero-order valence-electron chi connectivity index (χ0n) is 14.7. The van der Waals surface area contributed by atoms with Crippen LogP contribution < -0.4 is 16.4 Å². The van der Waals surface area contributed by atoms with E-state index in [1.54, 1.807) is 24.3 Å². The first-order valence-electron chi connectivity index (χ1n) is 8.12. The van der Waals surface area contributed by atoms with Gasteiger partial charge in [0.15, 0.2) is 0 Å². The first-order chi connectivity index (χ1) is 12.5. The van der Waals surface area contributed by atoms with Gasteiger partial charge in [0.2, 0.25) is 0 Å². The van der Waals surface area contributed by atoms with Crippen molar-refractivity contribution in [2.45, 2.75) is 20.3 Å². The molecule has 0 spiro atoms. The van der Waals surface area contributed by atoms with Crippen molar-refractivity contribution in [2.24, 2.45) is 0 Å². The van der Waals surface area contributed by atoms with Crippen molar-refractivity contribution in [1.29, 1.82) is 5.26 Å². The molecule has 4 N–H and O–H groups in total. The Labute approximate surface area is 152 Å². The molecule has 0 aliphatic rings. The van der Waals surface area contributed by atoms with Crippen LogP contribution in [0, 0.1) is 18.3 Å². The Hall–Kier alpha value is -3.59. The first kappa shape index (κ1) is 18.7. The summed E-state index contributed by atoms with van der Waals surface area (Å²) < 4.78 is 0. The van der Waals surface area contributed by atoms with Crippen LogP contribution in [0.25, 0.3) is 0 Å². The second kappa shape index (κ2) is 8.49. The van der Waals surface area contributed by atoms with Gasteiger partial charge in [-0.05, 0) is 48.7 Å². The van der Waals surface area contributed by atoms with Crippen LogP contribution in [0.4, 0.5) is 11.4 Å². The van der Waals surface area contributed by atoms with Gasteiger partial charge in [0.25, 0.3) is 11.8 Å². The SMILES string of the molecule is CCc1cccc(C)c1NC(=O)/C(C#N)=C\NC(=O)c1ccc(N)cc1. The van der Waals surface area contributed by atoms with E-state index in [0.29, 0.717) is 16.9 Å². The molecule has 0 radical (unpaired) electrons. The highest BCUT2D eigenvalue weighted by atomic mass is 16.2. The van der Waals surface area contributed by atoms with Gasteiger partial charge >= 0.3 is 0 Å². The van der Waals surface area contributed by atoms with Gasteiger partial charge in [-0.25, -0.2) is 0 Å². The number of nitrogens with two attached hydrogens (primary N) is 1. The van der Waals surface area contributed by atoms with Crippen LogP contribution in [0.3, 0.4) is 0 Å². The number of para-hydroxylation sites is 1. The second-order valence-electron chi connectivity index (χ2n) is 5.68. The van der Waals surface area contributed by atoms with Crippen molar-refractivity contribution in [2.75, 3.05) is 11.1 Å². The fourth-order valence-electron chi connectivity index (χ4n) is 2.39.